The van der Waals surface area contributed by atoms with Crippen LogP contribution >= 0.6 is 0 Å². The predicted octanol–water partition coefficient (Wildman–Crippen LogP) is 2.60. The first-order chi connectivity index (χ1) is 15.3. The van der Waals surface area contributed by atoms with Crippen molar-refractivity contribution in [3.8, 4) is 0 Å². The van der Waals surface area contributed by atoms with Crippen molar-refractivity contribution in [2.24, 2.45) is 0 Å². The van der Waals surface area contributed by atoms with Gasteiger partial charge in [-0.15, -0.1) is 0 Å². The smallest absolute Gasteiger partial charge is 0.306 e. The van der Waals surface area contributed by atoms with Crippen LogP contribution < -0.4 is 5.32 Å². The van der Waals surface area contributed by atoms with Crippen LogP contribution in [0, 0.1) is 0 Å². The zero-order valence-corrected chi connectivity index (χ0v) is 18.9. The first-order valence-corrected chi connectivity index (χ1v) is 11.7. The topological polar surface area (TPSA) is 109 Å². The second-order valence-electron chi connectivity index (χ2n) is 7.55. The average molecular weight is 458 g/mol. The van der Waals surface area contributed by atoms with Crippen molar-refractivity contribution in [3.05, 3.63) is 65.9 Å². The number of benzene rings is 2. The maximum Gasteiger partial charge on any atom is 0.306 e. The van der Waals surface area contributed by atoms with Crippen LogP contribution in [0.3, 0.4) is 0 Å². The fourth-order valence-electron chi connectivity index (χ4n) is 3.32. The van der Waals surface area contributed by atoms with Crippen LogP contribution in [0.1, 0.15) is 24.0 Å². The van der Waals surface area contributed by atoms with E-state index in [0.717, 1.165) is 27.2 Å². The SMILES string of the molecule is CN(C)S(=O)(=O)c1ccccc1CNC(=O)COC(=O)CCCc1c[nH]c2ccccc12. The highest BCUT2D eigenvalue weighted by Crippen LogP contribution is 2.20. The van der Waals surface area contributed by atoms with Gasteiger partial charge in [-0.05, 0) is 36.1 Å². The predicted molar refractivity (Wildman–Crippen MR) is 121 cm³/mol. The highest BCUT2D eigenvalue weighted by atomic mass is 32.2. The van der Waals surface area contributed by atoms with E-state index in [1.165, 1.54) is 20.2 Å². The molecule has 1 amide bonds. The van der Waals surface area contributed by atoms with E-state index in [1.807, 2.05) is 30.5 Å². The fraction of sp³-hybridized carbons (Fsp3) is 0.304. The zero-order valence-electron chi connectivity index (χ0n) is 18.1. The first-order valence-electron chi connectivity index (χ1n) is 10.3. The van der Waals surface area contributed by atoms with Crippen molar-refractivity contribution in [2.45, 2.75) is 30.7 Å². The molecule has 0 radical (unpaired) electrons. The van der Waals surface area contributed by atoms with Gasteiger partial charge < -0.3 is 15.0 Å². The number of hydrogen-bond donors (Lipinski definition) is 2. The van der Waals surface area contributed by atoms with Crippen LogP contribution in [0.2, 0.25) is 0 Å². The molecule has 0 aliphatic carbocycles. The Morgan fingerprint density at radius 1 is 1.03 bits per heavy atom. The van der Waals surface area contributed by atoms with E-state index in [0.29, 0.717) is 12.0 Å². The second-order valence-corrected chi connectivity index (χ2v) is 9.67. The number of aromatic nitrogens is 1. The largest absolute Gasteiger partial charge is 0.456 e. The molecule has 3 aromatic rings. The number of sulfonamides is 1. The molecule has 2 N–H and O–H groups in total. The molecule has 0 aliphatic heterocycles. The third kappa shape index (κ3) is 5.74. The normalized spacial score (nSPS) is 11.6. The molecule has 0 aliphatic rings. The minimum Gasteiger partial charge on any atom is -0.456 e. The number of esters is 1. The number of hydrogen-bond acceptors (Lipinski definition) is 5. The summed E-state index contributed by atoms with van der Waals surface area (Å²) >= 11 is 0. The third-order valence-corrected chi connectivity index (χ3v) is 6.99. The summed E-state index contributed by atoms with van der Waals surface area (Å²) in [6.45, 7) is -0.394. The number of para-hydroxylation sites is 1. The van der Waals surface area contributed by atoms with Crippen LogP contribution in [0.5, 0.6) is 0 Å². The van der Waals surface area contributed by atoms with Gasteiger partial charge in [0.1, 0.15) is 0 Å². The summed E-state index contributed by atoms with van der Waals surface area (Å²) in [5, 5.41) is 3.74. The Morgan fingerprint density at radius 3 is 2.53 bits per heavy atom. The minimum absolute atomic E-state index is 0.0141. The highest BCUT2D eigenvalue weighted by Gasteiger charge is 2.21. The summed E-state index contributed by atoms with van der Waals surface area (Å²) in [5.41, 5.74) is 2.65. The van der Waals surface area contributed by atoms with E-state index in [2.05, 4.69) is 10.3 Å². The van der Waals surface area contributed by atoms with Gasteiger partial charge in [0.05, 0.1) is 4.90 Å². The van der Waals surface area contributed by atoms with Crippen molar-refractivity contribution in [1.29, 1.82) is 0 Å². The molecule has 0 fully saturated rings. The Kier molecular flexibility index (Phi) is 7.66. The summed E-state index contributed by atoms with van der Waals surface area (Å²) in [4.78, 5) is 27.4. The number of amides is 1. The summed E-state index contributed by atoms with van der Waals surface area (Å²) in [6, 6.07) is 14.4. The average Bonchev–Trinajstić information content (AvgIpc) is 3.19. The quantitative estimate of drug-likeness (QED) is 0.455. The van der Waals surface area contributed by atoms with E-state index in [-0.39, 0.29) is 17.9 Å². The Balaban J connectivity index is 1.43. The first kappa shape index (κ1) is 23.5. The Labute approximate surface area is 187 Å². The molecule has 0 spiro atoms. The molecule has 1 heterocycles. The van der Waals surface area contributed by atoms with Crippen LogP contribution in [-0.2, 0) is 37.3 Å². The number of nitrogens with zero attached hydrogens (tertiary/aromatic N) is 1. The maximum absolute atomic E-state index is 12.4. The Hall–Kier alpha value is -3.17. The van der Waals surface area contributed by atoms with Gasteiger partial charge in [-0.25, -0.2) is 12.7 Å². The molecule has 9 heteroatoms. The van der Waals surface area contributed by atoms with Gasteiger partial charge in [0.2, 0.25) is 10.0 Å². The number of ether oxygens (including phenoxy) is 1. The Bertz CT molecular complexity index is 1200. The lowest BCUT2D eigenvalue weighted by Gasteiger charge is -2.15. The van der Waals surface area contributed by atoms with Crippen molar-refractivity contribution < 1.29 is 22.7 Å². The van der Waals surface area contributed by atoms with Crippen molar-refractivity contribution in [2.75, 3.05) is 20.7 Å². The second kappa shape index (κ2) is 10.4. The number of fused-ring (bicyclic) bond motifs is 1. The van der Waals surface area contributed by atoms with Crippen molar-refractivity contribution in [3.63, 3.8) is 0 Å². The van der Waals surface area contributed by atoms with Gasteiger partial charge >= 0.3 is 5.97 Å². The highest BCUT2D eigenvalue weighted by molar-refractivity contribution is 7.89. The van der Waals surface area contributed by atoms with Gasteiger partial charge in [0, 0.05) is 44.2 Å². The monoisotopic (exact) mass is 457 g/mol. The summed E-state index contributed by atoms with van der Waals surface area (Å²) in [6.07, 6.45) is 3.48. The van der Waals surface area contributed by atoms with Gasteiger partial charge in [0.15, 0.2) is 6.61 Å². The molecule has 0 bridgehead atoms. The number of nitrogens with one attached hydrogen (secondary N) is 2. The lowest BCUT2D eigenvalue weighted by atomic mass is 10.1. The van der Waals surface area contributed by atoms with E-state index >= 15 is 0 Å². The molecule has 0 atom stereocenters. The van der Waals surface area contributed by atoms with Gasteiger partial charge in [0.25, 0.3) is 5.91 Å². The van der Waals surface area contributed by atoms with Crippen LogP contribution in [0.25, 0.3) is 10.9 Å². The Morgan fingerprint density at radius 2 is 1.75 bits per heavy atom. The standard InChI is InChI=1S/C23H27N3O5S/c1-26(2)32(29,30)21-12-6-3-8-18(21)15-25-22(27)16-31-23(28)13-7-9-17-14-24-20-11-5-4-10-19(17)20/h3-6,8,10-12,14,24H,7,9,13,15-16H2,1-2H3,(H,25,27). The number of rotatable bonds is 10. The van der Waals surface area contributed by atoms with Crippen LogP contribution in [0.15, 0.2) is 59.6 Å². The molecule has 0 saturated heterocycles. The number of H-pyrrole nitrogens is 1. The minimum atomic E-state index is -3.63. The maximum atomic E-state index is 12.4. The van der Waals surface area contributed by atoms with Gasteiger partial charge in [-0.1, -0.05) is 36.4 Å². The molecule has 32 heavy (non-hydrogen) atoms. The molecule has 170 valence electrons. The molecule has 8 nitrogen and oxygen atoms in total. The molecular formula is C23H27N3O5S. The third-order valence-electron chi connectivity index (χ3n) is 5.07. The number of aromatic amines is 1. The number of aryl methyl sites for hydroxylation is 1. The molecule has 3 rings (SSSR count). The van der Waals surface area contributed by atoms with E-state index in [9.17, 15) is 18.0 Å². The van der Waals surface area contributed by atoms with E-state index < -0.39 is 28.5 Å². The molecule has 0 saturated carbocycles. The number of carbonyl (C=O) groups excluding carboxylic acids is 2. The van der Waals surface area contributed by atoms with Gasteiger partial charge in [-0.3, -0.25) is 9.59 Å². The summed E-state index contributed by atoms with van der Waals surface area (Å²) in [7, 11) is -0.735. The molecule has 1 aromatic heterocycles. The lowest BCUT2D eigenvalue weighted by molar-refractivity contribution is -0.148. The van der Waals surface area contributed by atoms with E-state index in [1.54, 1.807) is 18.2 Å². The number of carbonyl (C=O) groups is 2. The van der Waals surface area contributed by atoms with E-state index in [4.69, 9.17) is 4.74 Å². The van der Waals surface area contributed by atoms with Gasteiger partial charge in [-0.2, -0.15) is 0 Å². The zero-order chi connectivity index (χ0) is 23.1. The van der Waals surface area contributed by atoms with Crippen LogP contribution in [-0.4, -0.2) is 50.3 Å². The van der Waals surface area contributed by atoms with Crippen LogP contribution in [0.4, 0.5) is 0 Å². The molecular weight excluding hydrogens is 430 g/mol. The summed E-state index contributed by atoms with van der Waals surface area (Å²) in [5.74, 6) is -0.942. The van der Waals surface area contributed by atoms with Crippen molar-refractivity contribution >= 4 is 32.8 Å². The lowest BCUT2D eigenvalue weighted by Crippen LogP contribution is -2.30. The molecule has 2 aromatic carbocycles. The fourth-order valence-corrected chi connectivity index (χ4v) is 4.44. The molecule has 0 unspecified atom stereocenters. The van der Waals surface area contributed by atoms with Crippen molar-refractivity contribution in [1.82, 2.24) is 14.6 Å². The summed E-state index contributed by atoms with van der Waals surface area (Å²) < 4.78 is 31.0.